The van der Waals surface area contributed by atoms with Gasteiger partial charge >= 0.3 is 11.9 Å². The Bertz CT molecular complexity index is 1350. The molecule has 1 aliphatic rings. The van der Waals surface area contributed by atoms with E-state index < -0.39 is 59.7 Å². The number of rotatable bonds is 15. The summed E-state index contributed by atoms with van der Waals surface area (Å²) >= 11 is 0. The van der Waals surface area contributed by atoms with Gasteiger partial charge in [-0.2, -0.15) is 0 Å². The van der Waals surface area contributed by atoms with Crippen LogP contribution in [0.25, 0.3) is 0 Å². The molecular formula is C35H50N4O8. The first kappa shape index (κ1) is 37.5. The smallest absolute Gasteiger partial charge is 0.344 e. The number of esters is 1. The van der Waals surface area contributed by atoms with Crippen LogP contribution in [0.1, 0.15) is 71.0 Å². The maximum atomic E-state index is 13.7. The van der Waals surface area contributed by atoms with Crippen LogP contribution >= 0.6 is 0 Å². The number of nitrogens with zero attached hydrogens (tertiary/aromatic N) is 2. The lowest BCUT2D eigenvalue weighted by Crippen LogP contribution is -2.59. The number of nitrogens with two attached hydrogens (primary N) is 1. The number of benzene rings is 2. The first-order valence-corrected chi connectivity index (χ1v) is 16.0. The second kappa shape index (κ2) is 16.7. The molecule has 1 fully saturated rings. The lowest BCUT2D eigenvalue weighted by atomic mass is 10.0. The summed E-state index contributed by atoms with van der Waals surface area (Å²) in [5, 5.41) is 24.5. The van der Waals surface area contributed by atoms with Gasteiger partial charge in [0.05, 0.1) is 12.1 Å². The molecule has 1 aliphatic heterocycles. The van der Waals surface area contributed by atoms with Crippen LogP contribution in [0, 0.1) is 5.92 Å². The SMILES string of the molecule is CC(C)C[C@@H](C(=O)O)N(C)C(=O)[C@H]1CCCN1C(O)[C@H](Cc1ccc(OCC(=O)OC(C)(C)C)cc1)NC(=O)[C@@H](N)c1ccccc1. The van der Waals surface area contributed by atoms with Crippen molar-refractivity contribution in [2.75, 3.05) is 20.2 Å². The summed E-state index contributed by atoms with van der Waals surface area (Å²) in [5.41, 5.74) is 7.00. The average Bonchev–Trinajstić information content (AvgIpc) is 3.51. The number of hydrogen-bond donors (Lipinski definition) is 4. The number of aliphatic carboxylic acids is 1. The van der Waals surface area contributed by atoms with Crippen molar-refractivity contribution in [3.63, 3.8) is 0 Å². The zero-order chi connectivity index (χ0) is 34.9. The largest absolute Gasteiger partial charge is 0.482 e. The summed E-state index contributed by atoms with van der Waals surface area (Å²) in [4.78, 5) is 54.0. The minimum atomic E-state index is -1.29. The second-order valence-electron chi connectivity index (χ2n) is 13.5. The number of ether oxygens (including phenoxy) is 2. The highest BCUT2D eigenvalue weighted by Gasteiger charge is 2.42. The highest BCUT2D eigenvalue weighted by atomic mass is 16.6. The van der Waals surface area contributed by atoms with Crippen molar-refractivity contribution >= 4 is 23.8 Å². The molecule has 1 saturated heterocycles. The van der Waals surface area contributed by atoms with Crippen LogP contribution in [0.2, 0.25) is 0 Å². The van der Waals surface area contributed by atoms with E-state index in [1.807, 2.05) is 19.9 Å². The molecule has 0 spiro atoms. The summed E-state index contributed by atoms with van der Waals surface area (Å²) in [6, 6.07) is 12.1. The zero-order valence-electron chi connectivity index (χ0n) is 28.2. The number of nitrogens with one attached hydrogen (secondary N) is 1. The fraction of sp³-hybridized carbons (Fsp3) is 0.543. The van der Waals surface area contributed by atoms with E-state index in [9.17, 15) is 29.4 Å². The molecule has 12 heteroatoms. The number of aliphatic hydroxyl groups is 1. The highest BCUT2D eigenvalue weighted by molar-refractivity contribution is 5.87. The van der Waals surface area contributed by atoms with E-state index in [4.69, 9.17) is 15.2 Å². The Balaban J connectivity index is 1.81. The van der Waals surface area contributed by atoms with Crippen LogP contribution < -0.4 is 15.8 Å². The lowest BCUT2D eigenvalue weighted by molar-refractivity contribution is -0.157. The molecule has 47 heavy (non-hydrogen) atoms. The number of carbonyl (C=O) groups excluding carboxylic acids is 3. The molecule has 5 N–H and O–H groups in total. The van der Waals surface area contributed by atoms with Gasteiger partial charge in [0.2, 0.25) is 11.8 Å². The first-order valence-electron chi connectivity index (χ1n) is 16.0. The summed E-state index contributed by atoms with van der Waals surface area (Å²) in [7, 11) is 1.48. The molecule has 0 bridgehead atoms. The normalized spacial score (nSPS) is 17.8. The molecule has 1 heterocycles. The van der Waals surface area contributed by atoms with Gasteiger partial charge in [-0.1, -0.05) is 56.3 Å². The lowest BCUT2D eigenvalue weighted by Gasteiger charge is -2.37. The van der Waals surface area contributed by atoms with E-state index in [1.54, 1.807) is 74.2 Å². The van der Waals surface area contributed by atoms with Gasteiger partial charge < -0.3 is 35.6 Å². The van der Waals surface area contributed by atoms with E-state index >= 15 is 0 Å². The third-order valence-corrected chi connectivity index (χ3v) is 8.00. The molecule has 5 atom stereocenters. The third kappa shape index (κ3) is 11.0. The number of hydrogen-bond acceptors (Lipinski definition) is 9. The van der Waals surface area contributed by atoms with Crippen molar-refractivity contribution in [3.8, 4) is 5.75 Å². The molecule has 3 rings (SSSR count). The van der Waals surface area contributed by atoms with Gasteiger partial charge in [-0.3, -0.25) is 14.5 Å². The maximum Gasteiger partial charge on any atom is 0.344 e. The predicted octanol–water partition coefficient (Wildman–Crippen LogP) is 2.87. The Morgan fingerprint density at radius 1 is 1.06 bits per heavy atom. The Morgan fingerprint density at radius 3 is 2.28 bits per heavy atom. The molecule has 2 aromatic rings. The van der Waals surface area contributed by atoms with E-state index in [0.29, 0.717) is 37.1 Å². The van der Waals surface area contributed by atoms with Crippen LogP contribution in [0.5, 0.6) is 5.75 Å². The quantitative estimate of drug-likeness (QED) is 0.209. The third-order valence-electron chi connectivity index (χ3n) is 8.00. The van der Waals surface area contributed by atoms with Crippen molar-refractivity contribution in [2.45, 2.75) is 96.3 Å². The van der Waals surface area contributed by atoms with Gasteiger partial charge in [0, 0.05) is 13.6 Å². The van der Waals surface area contributed by atoms with Crippen molar-refractivity contribution in [3.05, 3.63) is 65.7 Å². The van der Waals surface area contributed by atoms with Gasteiger partial charge in [0.25, 0.3) is 0 Å². The van der Waals surface area contributed by atoms with Gasteiger partial charge in [-0.15, -0.1) is 0 Å². The Morgan fingerprint density at radius 2 is 1.70 bits per heavy atom. The number of aliphatic hydroxyl groups excluding tert-OH is 1. The average molecular weight is 655 g/mol. The first-order chi connectivity index (χ1) is 22.1. The van der Waals surface area contributed by atoms with E-state index in [0.717, 1.165) is 5.56 Å². The molecule has 0 aliphatic carbocycles. The molecule has 2 amide bonds. The fourth-order valence-electron chi connectivity index (χ4n) is 5.67. The van der Waals surface area contributed by atoms with E-state index in [1.165, 1.54) is 11.9 Å². The molecule has 2 aromatic carbocycles. The fourth-order valence-corrected chi connectivity index (χ4v) is 5.67. The molecule has 12 nitrogen and oxygen atoms in total. The van der Waals surface area contributed by atoms with Crippen LogP contribution in [0.15, 0.2) is 54.6 Å². The number of likely N-dealkylation sites (tertiary alicyclic amines) is 1. The zero-order valence-corrected chi connectivity index (χ0v) is 28.2. The Kier molecular flexibility index (Phi) is 13.3. The highest BCUT2D eigenvalue weighted by Crippen LogP contribution is 2.26. The molecular weight excluding hydrogens is 604 g/mol. The number of carbonyl (C=O) groups is 4. The second-order valence-corrected chi connectivity index (χ2v) is 13.5. The van der Waals surface area contributed by atoms with Crippen molar-refractivity contribution in [2.24, 2.45) is 11.7 Å². The minimum absolute atomic E-state index is 0.0548. The van der Waals surface area contributed by atoms with Gasteiger partial charge in [0.1, 0.15) is 29.7 Å². The van der Waals surface area contributed by atoms with Crippen LogP contribution in [-0.4, -0.2) is 93.9 Å². The summed E-state index contributed by atoms with van der Waals surface area (Å²) < 4.78 is 10.8. The maximum absolute atomic E-state index is 13.7. The van der Waals surface area contributed by atoms with Gasteiger partial charge in [-0.25, -0.2) is 9.59 Å². The molecule has 0 saturated carbocycles. The topological polar surface area (TPSA) is 172 Å². The number of likely N-dealkylation sites (N-methyl/N-ethyl adjacent to an activating group) is 1. The van der Waals surface area contributed by atoms with Crippen molar-refractivity contribution in [1.82, 2.24) is 15.1 Å². The standard InChI is InChI=1S/C35H50N4O8/c1-22(2)19-28(34(44)45)38(6)33(43)27-13-10-18-39(27)32(42)26(37-31(41)30(36)24-11-8-7-9-12-24)20-23-14-16-25(17-15-23)46-21-29(40)47-35(3,4)5/h7-9,11-12,14-17,22,26-28,30,32,42H,10,13,18-21,36H2,1-6H3,(H,37,41)(H,44,45)/t26-,27+,28-,30-,32?/m0/s1. The Hall–Kier alpha value is -4.00. The molecule has 1 unspecified atom stereocenters. The van der Waals surface area contributed by atoms with E-state index in [-0.39, 0.29) is 18.9 Å². The Labute approximate surface area is 277 Å². The molecule has 258 valence electrons. The van der Waals surface area contributed by atoms with Crippen LogP contribution in [-0.2, 0) is 30.3 Å². The molecule has 0 aromatic heterocycles. The van der Waals surface area contributed by atoms with Gasteiger partial charge in [0.15, 0.2) is 6.61 Å². The predicted molar refractivity (Wildman–Crippen MR) is 176 cm³/mol. The van der Waals surface area contributed by atoms with Crippen LogP contribution in [0.4, 0.5) is 0 Å². The van der Waals surface area contributed by atoms with Crippen molar-refractivity contribution in [1.29, 1.82) is 0 Å². The monoisotopic (exact) mass is 654 g/mol. The van der Waals surface area contributed by atoms with E-state index in [2.05, 4.69) is 5.32 Å². The number of carboxylic acid groups (broad SMARTS) is 1. The van der Waals surface area contributed by atoms with Crippen molar-refractivity contribution < 1.29 is 38.9 Å². The van der Waals surface area contributed by atoms with Crippen LogP contribution in [0.3, 0.4) is 0 Å². The van der Waals surface area contributed by atoms with Gasteiger partial charge in [-0.05, 0) is 75.6 Å². The summed E-state index contributed by atoms with van der Waals surface area (Å²) in [6.07, 6.45) is 0.224. The molecule has 0 radical (unpaired) electrons. The summed E-state index contributed by atoms with van der Waals surface area (Å²) in [5.74, 6) is -1.99. The summed E-state index contributed by atoms with van der Waals surface area (Å²) in [6.45, 7) is 9.22. The number of carboxylic acids is 1. The minimum Gasteiger partial charge on any atom is -0.482 e. The number of amides is 2.